The quantitative estimate of drug-likeness (QED) is 0.580. The van der Waals surface area contributed by atoms with Gasteiger partial charge in [0, 0.05) is 17.5 Å². The number of rotatable bonds is 5. The fourth-order valence-corrected chi connectivity index (χ4v) is 5.25. The van der Waals surface area contributed by atoms with Crippen molar-refractivity contribution in [3.63, 3.8) is 0 Å². The van der Waals surface area contributed by atoms with Crippen LogP contribution >= 0.6 is 11.6 Å². The zero-order chi connectivity index (χ0) is 25.2. The van der Waals surface area contributed by atoms with Gasteiger partial charge in [-0.25, -0.2) is 4.39 Å². The minimum Gasteiger partial charge on any atom is -0.496 e. The largest absolute Gasteiger partial charge is 0.496 e. The number of methoxy groups -OCH3 is 1. The molecule has 0 saturated carbocycles. The van der Waals surface area contributed by atoms with Gasteiger partial charge in [-0.1, -0.05) is 23.7 Å². The third-order valence-electron chi connectivity index (χ3n) is 6.75. The summed E-state index contributed by atoms with van der Waals surface area (Å²) < 4.78 is 24.8. The molecule has 0 fully saturated rings. The molecule has 2 atom stereocenters. The van der Waals surface area contributed by atoms with Crippen molar-refractivity contribution in [3.05, 3.63) is 81.3 Å². The molecule has 176 valence electrons. The van der Waals surface area contributed by atoms with Crippen molar-refractivity contribution in [1.82, 2.24) is 0 Å². The molecule has 0 amide bonds. The van der Waals surface area contributed by atoms with E-state index in [1.165, 1.54) is 25.3 Å². The highest BCUT2D eigenvalue weighted by Gasteiger charge is 2.53. The summed E-state index contributed by atoms with van der Waals surface area (Å²) in [4.78, 5) is 0. The van der Waals surface area contributed by atoms with Crippen LogP contribution < -0.4 is 15.2 Å². The van der Waals surface area contributed by atoms with Crippen molar-refractivity contribution in [2.45, 2.75) is 31.8 Å². The molecule has 0 spiro atoms. The van der Waals surface area contributed by atoms with E-state index < -0.39 is 17.2 Å². The molecular formula is C27H22ClFN4O2. The number of hydrogen-bond acceptors (Lipinski definition) is 6. The molecule has 6 nitrogen and oxygen atoms in total. The maximum atomic E-state index is 13.5. The zero-order valence-corrected chi connectivity index (χ0v) is 19.8. The maximum absolute atomic E-state index is 13.5. The highest BCUT2D eigenvalue weighted by Crippen LogP contribution is 2.56. The maximum Gasteiger partial charge on any atom is 0.191 e. The Morgan fingerprint density at radius 2 is 1.94 bits per heavy atom. The van der Waals surface area contributed by atoms with E-state index in [1.807, 2.05) is 18.2 Å². The molecule has 8 heteroatoms. The van der Waals surface area contributed by atoms with Gasteiger partial charge >= 0.3 is 0 Å². The van der Waals surface area contributed by atoms with Crippen molar-refractivity contribution in [2.24, 2.45) is 17.1 Å². The molecule has 0 unspecified atom stereocenters. The number of allylic oxidation sites excluding steroid dienone is 4. The molecule has 2 aromatic carbocycles. The van der Waals surface area contributed by atoms with E-state index in [9.17, 15) is 20.2 Å². The van der Waals surface area contributed by atoms with Gasteiger partial charge in [-0.3, -0.25) is 0 Å². The Morgan fingerprint density at radius 1 is 1.17 bits per heavy atom. The van der Waals surface area contributed by atoms with E-state index in [1.54, 1.807) is 6.07 Å². The zero-order valence-electron chi connectivity index (χ0n) is 19.0. The van der Waals surface area contributed by atoms with Gasteiger partial charge in [-0.2, -0.15) is 15.8 Å². The van der Waals surface area contributed by atoms with Crippen LogP contribution in [-0.2, 0) is 6.61 Å². The number of hydrogen-bond donors (Lipinski definition) is 1. The van der Waals surface area contributed by atoms with Gasteiger partial charge in [0.2, 0.25) is 0 Å². The van der Waals surface area contributed by atoms with E-state index in [0.717, 1.165) is 30.4 Å². The lowest BCUT2D eigenvalue weighted by molar-refractivity contribution is 0.293. The molecule has 2 aromatic rings. The summed E-state index contributed by atoms with van der Waals surface area (Å²) in [6, 6.07) is 15.9. The van der Waals surface area contributed by atoms with Crippen LogP contribution in [0.25, 0.3) is 0 Å². The molecule has 2 aliphatic carbocycles. The molecule has 0 heterocycles. The number of nitrogens with two attached hydrogens (primary N) is 1. The van der Waals surface area contributed by atoms with Gasteiger partial charge in [0.15, 0.2) is 5.41 Å². The smallest absolute Gasteiger partial charge is 0.191 e. The Kier molecular flexibility index (Phi) is 6.70. The number of halogens is 2. The van der Waals surface area contributed by atoms with Crippen LogP contribution in [0.4, 0.5) is 4.39 Å². The minimum atomic E-state index is -1.69. The average molecular weight is 489 g/mol. The highest BCUT2D eigenvalue weighted by atomic mass is 35.5. The molecule has 4 rings (SSSR count). The summed E-state index contributed by atoms with van der Waals surface area (Å²) in [6.45, 7) is 0.0833. The second-order valence-corrected chi connectivity index (χ2v) is 8.95. The van der Waals surface area contributed by atoms with Crippen molar-refractivity contribution in [1.29, 1.82) is 15.8 Å². The third-order valence-corrected chi connectivity index (χ3v) is 7.04. The molecule has 0 radical (unpaired) electrons. The summed E-state index contributed by atoms with van der Waals surface area (Å²) >= 11 is 5.86. The van der Waals surface area contributed by atoms with Gasteiger partial charge < -0.3 is 15.2 Å². The molecule has 2 N–H and O–H groups in total. The molecule has 0 bridgehead atoms. The van der Waals surface area contributed by atoms with E-state index in [2.05, 4.69) is 18.2 Å². The number of ether oxygens (including phenoxy) is 2. The van der Waals surface area contributed by atoms with E-state index in [0.29, 0.717) is 17.1 Å². The van der Waals surface area contributed by atoms with Gasteiger partial charge in [0.05, 0.1) is 35.5 Å². The lowest BCUT2D eigenvalue weighted by Crippen LogP contribution is -2.42. The van der Waals surface area contributed by atoms with Crippen molar-refractivity contribution in [3.8, 4) is 29.7 Å². The Hall–Kier alpha value is -3.99. The van der Waals surface area contributed by atoms with Crippen LogP contribution in [0, 0.1) is 51.1 Å². The molecule has 0 aliphatic heterocycles. The first-order chi connectivity index (χ1) is 16.9. The molecule has 0 aromatic heterocycles. The third kappa shape index (κ3) is 4.08. The van der Waals surface area contributed by atoms with E-state index in [4.69, 9.17) is 26.8 Å². The SMILES string of the molecule is COc1ccc([C@@H]2[C@H]3CCCC=C3C(C#N)=C(N)C2(C#N)C#N)cc1COc1ccc(F)c(Cl)c1. The summed E-state index contributed by atoms with van der Waals surface area (Å²) in [5, 5.41) is 30.2. The minimum absolute atomic E-state index is 0.00558. The first-order valence-corrected chi connectivity index (χ1v) is 11.5. The normalized spacial score (nSPS) is 20.5. The highest BCUT2D eigenvalue weighted by molar-refractivity contribution is 6.30. The number of nitriles is 3. The standard InChI is InChI=1S/C27H22ClFN4O2/c1-34-24-9-6-16(10-17(24)13-35-18-7-8-23(29)22(28)11-18)25-20-5-3-2-4-19(20)21(12-30)26(33)27(25,14-31)15-32/h4,6-11,20,25H,2-3,5,13,33H2,1H3/t20-,25+/m0/s1. The summed E-state index contributed by atoms with van der Waals surface area (Å²) in [7, 11) is 1.53. The van der Waals surface area contributed by atoms with Crippen LogP contribution in [-0.4, -0.2) is 7.11 Å². The number of fused-ring (bicyclic) bond motifs is 1. The van der Waals surface area contributed by atoms with Crippen LogP contribution in [0.5, 0.6) is 11.5 Å². The van der Waals surface area contributed by atoms with Crippen molar-refractivity contribution in [2.75, 3.05) is 7.11 Å². The summed E-state index contributed by atoms with van der Waals surface area (Å²) in [5.41, 5.74) is 7.09. The second kappa shape index (κ2) is 9.71. The fourth-order valence-electron chi connectivity index (χ4n) is 5.08. The molecule has 35 heavy (non-hydrogen) atoms. The van der Waals surface area contributed by atoms with Crippen molar-refractivity contribution >= 4 is 11.6 Å². The molecule has 2 aliphatic rings. The Balaban J connectivity index is 1.80. The van der Waals surface area contributed by atoms with Crippen LogP contribution in [0.15, 0.2) is 59.3 Å². The Morgan fingerprint density at radius 3 is 2.60 bits per heavy atom. The second-order valence-electron chi connectivity index (χ2n) is 8.54. The Labute approximate surface area is 208 Å². The summed E-state index contributed by atoms with van der Waals surface area (Å²) in [5.74, 6) is -0.390. The Bertz CT molecular complexity index is 1350. The first kappa shape index (κ1) is 24.1. The lowest BCUT2D eigenvalue weighted by Gasteiger charge is -2.43. The number of nitrogens with zero attached hydrogens (tertiary/aromatic N) is 3. The van der Waals surface area contributed by atoms with Gasteiger partial charge in [0.25, 0.3) is 0 Å². The van der Waals surface area contributed by atoms with E-state index in [-0.39, 0.29) is 28.8 Å². The van der Waals surface area contributed by atoms with Gasteiger partial charge in [-0.15, -0.1) is 0 Å². The predicted octanol–water partition coefficient (Wildman–Crippen LogP) is 5.66. The van der Waals surface area contributed by atoms with Gasteiger partial charge in [0.1, 0.15) is 30.0 Å². The molecule has 0 saturated heterocycles. The topological polar surface area (TPSA) is 116 Å². The fraction of sp³-hybridized carbons (Fsp3) is 0.296. The number of benzene rings is 2. The summed E-state index contributed by atoms with van der Waals surface area (Å²) in [6.07, 6.45) is 4.42. The van der Waals surface area contributed by atoms with Gasteiger partial charge in [-0.05, 0) is 60.6 Å². The molecular weight excluding hydrogens is 467 g/mol. The lowest BCUT2D eigenvalue weighted by atomic mass is 9.56. The van der Waals surface area contributed by atoms with Crippen LogP contribution in [0.3, 0.4) is 0 Å². The predicted molar refractivity (Wildman–Crippen MR) is 127 cm³/mol. The first-order valence-electron chi connectivity index (χ1n) is 11.1. The van der Waals surface area contributed by atoms with E-state index >= 15 is 0 Å². The van der Waals surface area contributed by atoms with Crippen LogP contribution in [0.2, 0.25) is 5.02 Å². The van der Waals surface area contributed by atoms with Crippen LogP contribution in [0.1, 0.15) is 36.3 Å². The monoisotopic (exact) mass is 488 g/mol. The van der Waals surface area contributed by atoms with Crippen molar-refractivity contribution < 1.29 is 13.9 Å². The average Bonchev–Trinajstić information content (AvgIpc) is 2.88.